The molecule has 1 rings (SSSR count). The first-order valence-electron chi connectivity index (χ1n) is 4.44. The highest BCUT2D eigenvalue weighted by Crippen LogP contribution is 2.11. The molecule has 1 N–H and O–H groups in total. The average Bonchev–Trinajstić information content (AvgIpc) is 2.19. The quantitative estimate of drug-likeness (QED) is 0.700. The van der Waals surface area contributed by atoms with Crippen LogP contribution in [0.1, 0.15) is 18.1 Å². The van der Waals surface area contributed by atoms with Gasteiger partial charge in [-0.2, -0.15) is 0 Å². The van der Waals surface area contributed by atoms with Crippen LogP contribution in [0.5, 0.6) is 0 Å². The largest absolute Gasteiger partial charge is 0.386 e. The third kappa shape index (κ3) is 3.57. The zero-order valence-electron chi connectivity index (χ0n) is 7.65. The zero-order valence-corrected chi connectivity index (χ0v) is 7.65. The van der Waals surface area contributed by atoms with Gasteiger partial charge in [-0.3, -0.25) is 0 Å². The van der Waals surface area contributed by atoms with Gasteiger partial charge in [0.2, 0.25) is 0 Å². The molecule has 0 amide bonds. The molecule has 1 aromatic carbocycles. The van der Waals surface area contributed by atoms with E-state index in [-0.39, 0.29) is 0 Å². The molecule has 0 saturated carbocycles. The summed E-state index contributed by atoms with van der Waals surface area (Å²) in [5.41, 5.74) is 0.895. The van der Waals surface area contributed by atoms with Gasteiger partial charge >= 0.3 is 0 Å². The van der Waals surface area contributed by atoms with Gasteiger partial charge in [-0.05, 0) is 12.0 Å². The number of benzene rings is 1. The Labute approximate surface area is 79.2 Å². The minimum absolute atomic E-state index is 0.347. The highest BCUT2D eigenvalue weighted by Gasteiger charge is 2.05. The Morgan fingerprint density at radius 1 is 1.31 bits per heavy atom. The van der Waals surface area contributed by atoms with Crippen molar-refractivity contribution >= 4 is 0 Å². The second kappa shape index (κ2) is 5.73. The lowest BCUT2D eigenvalue weighted by molar-refractivity contribution is 0.0379. The standard InChI is InChI=1S/C11H15O2/c1-2-8-13-9-11(12)10-6-4-3-5-7-10/h3-7,11-12H,1-2,8-9H2. The second-order valence-electron chi connectivity index (χ2n) is 2.85. The van der Waals surface area contributed by atoms with E-state index in [1.165, 1.54) is 0 Å². The third-order valence-electron chi connectivity index (χ3n) is 1.75. The van der Waals surface area contributed by atoms with Crippen molar-refractivity contribution in [1.82, 2.24) is 0 Å². The van der Waals surface area contributed by atoms with Gasteiger partial charge in [0.15, 0.2) is 0 Å². The van der Waals surface area contributed by atoms with Crippen LogP contribution in [0, 0.1) is 6.92 Å². The Morgan fingerprint density at radius 2 is 2.00 bits per heavy atom. The molecule has 0 fully saturated rings. The van der Waals surface area contributed by atoms with Crippen LogP contribution < -0.4 is 0 Å². The summed E-state index contributed by atoms with van der Waals surface area (Å²) >= 11 is 0. The van der Waals surface area contributed by atoms with E-state index in [0.717, 1.165) is 12.0 Å². The zero-order chi connectivity index (χ0) is 9.52. The fourth-order valence-corrected chi connectivity index (χ4v) is 1.07. The summed E-state index contributed by atoms with van der Waals surface area (Å²) in [7, 11) is 0. The summed E-state index contributed by atoms with van der Waals surface area (Å²) in [6.45, 7) is 4.60. The molecule has 2 nitrogen and oxygen atoms in total. The van der Waals surface area contributed by atoms with Crippen LogP contribution in [-0.4, -0.2) is 18.3 Å². The summed E-state index contributed by atoms with van der Waals surface area (Å²) in [5, 5.41) is 9.60. The Bertz CT molecular complexity index is 221. The van der Waals surface area contributed by atoms with Crippen molar-refractivity contribution in [3.05, 3.63) is 42.8 Å². The molecule has 2 heteroatoms. The van der Waals surface area contributed by atoms with Crippen molar-refractivity contribution in [2.75, 3.05) is 13.2 Å². The highest BCUT2D eigenvalue weighted by molar-refractivity contribution is 5.17. The maximum Gasteiger partial charge on any atom is 0.102 e. The van der Waals surface area contributed by atoms with Crippen molar-refractivity contribution < 1.29 is 9.84 Å². The molecule has 1 atom stereocenters. The smallest absolute Gasteiger partial charge is 0.102 e. The molecule has 0 bridgehead atoms. The van der Waals surface area contributed by atoms with Crippen LogP contribution in [0.3, 0.4) is 0 Å². The summed E-state index contributed by atoms with van der Waals surface area (Å²) < 4.78 is 5.19. The first-order valence-corrected chi connectivity index (χ1v) is 4.44. The molecule has 0 aromatic heterocycles. The fraction of sp³-hybridized carbons (Fsp3) is 0.364. The molecular formula is C11H15O2. The molecule has 0 aliphatic heterocycles. The van der Waals surface area contributed by atoms with Crippen LogP contribution in [0.4, 0.5) is 0 Å². The monoisotopic (exact) mass is 179 g/mol. The molecule has 0 aliphatic rings. The first-order chi connectivity index (χ1) is 6.34. The van der Waals surface area contributed by atoms with Crippen LogP contribution in [0.25, 0.3) is 0 Å². The topological polar surface area (TPSA) is 29.5 Å². The Kier molecular flexibility index (Phi) is 4.50. The molecule has 13 heavy (non-hydrogen) atoms. The van der Waals surface area contributed by atoms with E-state index in [9.17, 15) is 5.11 Å². The van der Waals surface area contributed by atoms with Gasteiger partial charge in [0, 0.05) is 6.61 Å². The van der Waals surface area contributed by atoms with Gasteiger partial charge in [-0.25, -0.2) is 0 Å². The predicted molar refractivity (Wildman–Crippen MR) is 52.2 cm³/mol. The summed E-state index contributed by atoms with van der Waals surface area (Å²) in [6, 6.07) is 9.50. The second-order valence-corrected chi connectivity index (χ2v) is 2.85. The lowest BCUT2D eigenvalue weighted by Crippen LogP contribution is -2.07. The number of hydrogen-bond donors (Lipinski definition) is 1. The van der Waals surface area contributed by atoms with E-state index in [4.69, 9.17) is 4.74 Å². The molecule has 1 aromatic rings. The SMILES string of the molecule is [CH2]CCOCC(O)c1ccccc1. The Balaban J connectivity index is 2.35. The summed E-state index contributed by atoms with van der Waals surface area (Å²) in [5.74, 6) is 0. The molecule has 0 heterocycles. The van der Waals surface area contributed by atoms with Gasteiger partial charge in [-0.1, -0.05) is 37.3 Å². The third-order valence-corrected chi connectivity index (χ3v) is 1.75. The van der Waals surface area contributed by atoms with E-state index in [1.807, 2.05) is 30.3 Å². The highest BCUT2D eigenvalue weighted by atomic mass is 16.5. The van der Waals surface area contributed by atoms with Crippen LogP contribution >= 0.6 is 0 Å². The van der Waals surface area contributed by atoms with Crippen molar-refractivity contribution in [2.45, 2.75) is 12.5 Å². The van der Waals surface area contributed by atoms with Crippen molar-refractivity contribution in [2.24, 2.45) is 0 Å². The minimum atomic E-state index is -0.521. The molecule has 71 valence electrons. The van der Waals surface area contributed by atoms with Gasteiger partial charge < -0.3 is 9.84 Å². The summed E-state index contributed by atoms with van der Waals surface area (Å²) in [4.78, 5) is 0. The van der Waals surface area contributed by atoms with Gasteiger partial charge in [-0.15, -0.1) is 0 Å². The number of rotatable bonds is 5. The van der Waals surface area contributed by atoms with E-state index in [1.54, 1.807) is 0 Å². The number of hydrogen-bond acceptors (Lipinski definition) is 2. The predicted octanol–water partition coefficient (Wildman–Crippen LogP) is 1.96. The molecule has 0 saturated heterocycles. The van der Waals surface area contributed by atoms with Crippen molar-refractivity contribution in [1.29, 1.82) is 0 Å². The Morgan fingerprint density at radius 3 is 2.62 bits per heavy atom. The van der Waals surface area contributed by atoms with E-state index < -0.39 is 6.10 Å². The van der Waals surface area contributed by atoms with Gasteiger partial charge in [0.25, 0.3) is 0 Å². The molecular weight excluding hydrogens is 164 g/mol. The Hall–Kier alpha value is -0.860. The van der Waals surface area contributed by atoms with Crippen LogP contribution in [-0.2, 0) is 4.74 Å². The number of ether oxygens (including phenoxy) is 1. The normalized spacial score (nSPS) is 12.8. The first kappa shape index (κ1) is 10.2. The van der Waals surface area contributed by atoms with Crippen molar-refractivity contribution in [3.8, 4) is 0 Å². The average molecular weight is 179 g/mol. The summed E-state index contributed by atoms with van der Waals surface area (Å²) in [6.07, 6.45) is 0.217. The lowest BCUT2D eigenvalue weighted by atomic mass is 10.1. The van der Waals surface area contributed by atoms with Crippen LogP contribution in [0.15, 0.2) is 30.3 Å². The molecule has 0 aliphatic carbocycles. The van der Waals surface area contributed by atoms with Gasteiger partial charge in [0.05, 0.1) is 6.61 Å². The van der Waals surface area contributed by atoms with E-state index in [2.05, 4.69) is 6.92 Å². The van der Waals surface area contributed by atoms with Gasteiger partial charge in [0.1, 0.15) is 6.10 Å². The van der Waals surface area contributed by atoms with E-state index in [0.29, 0.717) is 13.2 Å². The maximum atomic E-state index is 9.60. The fourth-order valence-electron chi connectivity index (χ4n) is 1.07. The van der Waals surface area contributed by atoms with E-state index >= 15 is 0 Å². The number of aliphatic hydroxyl groups is 1. The molecule has 1 radical (unpaired) electrons. The van der Waals surface area contributed by atoms with Crippen molar-refractivity contribution in [3.63, 3.8) is 0 Å². The maximum absolute atomic E-state index is 9.60. The molecule has 1 unspecified atom stereocenters. The number of aliphatic hydroxyl groups excluding tert-OH is 1. The lowest BCUT2D eigenvalue weighted by Gasteiger charge is -2.10. The molecule has 0 spiro atoms. The van der Waals surface area contributed by atoms with Crippen LogP contribution in [0.2, 0.25) is 0 Å². The minimum Gasteiger partial charge on any atom is -0.386 e.